The maximum Gasteiger partial charge on any atom is 0.290 e. The summed E-state index contributed by atoms with van der Waals surface area (Å²) in [7, 11) is 1.00. The molecule has 0 aliphatic rings. The molecule has 0 aromatic heterocycles. The molecule has 0 unspecified atom stereocenters. The molecule has 0 spiro atoms. The van der Waals surface area contributed by atoms with Crippen molar-refractivity contribution in [2.75, 3.05) is 33.4 Å². The van der Waals surface area contributed by atoms with Gasteiger partial charge in [0.25, 0.3) is 6.47 Å². The molecule has 0 fully saturated rings. The van der Waals surface area contributed by atoms with Crippen LogP contribution in [-0.4, -0.2) is 60.0 Å². The Kier molecular flexibility index (Phi) is 53.7. The van der Waals surface area contributed by atoms with Gasteiger partial charge in [-0.25, -0.2) is 0 Å². The van der Waals surface area contributed by atoms with Crippen molar-refractivity contribution in [2.24, 2.45) is 5.92 Å². The van der Waals surface area contributed by atoms with E-state index >= 15 is 0 Å². The van der Waals surface area contributed by atoms with E-state index in [-0.39, 0.29) is 6.47 Å². The van der Waals surface area contributed by atoms with Gasteiger partial charge in [-0.2, -0.15) is 0 Å². The maximum atomic E-state index is 9.54. The summed E-state index contributed by atoms with van der Waals surface area (Å²) in [6.07, 6.45) is 45.7. The van der Waals surface area contributed by atoms with Crippen LogP contribution in [0.5, 0.6) is 0 Å². The zero-order valence-corrected chi connectivity index (χ0v) is 32.8. The van der Waals surface area contributed by atoms with Gasteiger partial charge in [0.15, 0.2) is 0 Å². The molecule has 0 heterocycles. The van der Waals surface area contributed by atoms with Crippen LogP contribution in [0.1, 0.15) is 226 Å². The Hall–Kier alpha value is -0.650. The topological polar surface area (TPSA) is 81.0 Å². The lowest BCUT2D eigenvalue weighted by Crippen LogP contribution is -2.29. The number of unbranched alkanes of at least 4 members (excludes halogenated alkanes) is 25. The Morgan fingerprint density at radius 1 is 0.426 bits per heavy atom. The number of aliphatic hydroxyl groups excluding tert-OH is 2. The fourth-order valence-electron chi connectivity index (χ4n) is 6.81. The van der Waals surface area contributed by atoms with Crippen molar-refractivity contribution >= 4 is 6.47 Å². The van der Waals surface area contributed by atoms with E-state index in [1.165, 1.54) is 219 Å². The molecular weight excluding hydrogens is 582 g/mol. The number of aliphatic hydroxyl groups is 2. The molecule has 0 atom stereocenters. The molecule has 47 heavy (non-hydrogen) atoms. The average molecular weight is 672 g/mol. The maximum absolute atomic E-state index is 9.54. The van der Waals surface area contributed by atoms with Gasteiger partial charge >= 0.3 is 0 Å². The zero-order chi connectivity index (χ0) is 35.3. The van der Waals surface area contributed by atoms with Gasteiger partial charge in [0, 0.05) is 13.7 Å². The monoisotopic (exact) mass is 672 g/mol. The van der Waals surface area contributed by atoms with Gasteiger partial charge in [0.05, 0.1) is 6.61 Å². The summed E-state index contributed by atoms with van der Waals surface area (Å²) in [4.78, 5) is 10.9. The predicted molar refractivity (Wildman–Crippen MR) is 209 cm³/mol. The van der Waals surface area contributed by atoms with Gasteiger partial charge in [-0.05, 0) is 31.8 Å². The molecule has 0 radical (unpaired) electrons. The molecule has 0 bridgehead atoms. The summed E-state index contributed by atoms with van der Waals surface area (Å²) in [5.74, 6) is 0.998. The molecule has 0 aromatic rings. The van der Waals surface area contributed by atoms with Crippen molar-refractivity contribution < 1.29 is 20.1 Å². The van der Waals surface area contributed by atoms with Gasteiger partial charge in [0.1, 0.15) is 0 Å². The smallest absolute Gasteiger partial charge is 0.290 e. The predicted octanol–water partition coefficient (Wildman–Crippen LogP) is 12.7. The summed E-state index contributed by atoms with van der Waals surface area (Å²) in [5.41, 5.74) is 0. The second-order valence-corrected chi connectivity index (χ2v) is 14.1. The molecule has 0 saturated carbocycles. The molecule has 3 N–H and O–H groups in total. The average Bonchev–Trinajstić information content (AvgIpc) is 3.08. The third-order valence-corrected chi connectivity index (χ3v) is 9.76. The van der Waals surface area contributed by atoms with E-state index < -0.39 is 0 Å². The van der Waals surface area contributed by atoms with E-state index in [1.807, 2.05) is 0 Å². The van der Waals surface area contributed by atoms with Gasteiger partial charge in [-0.15, -0.1) is 0 Å². The first-order chi connectivity index (χ1) is 23.2. The minimum atomic E-state index is -0.250. The zero-order valence-electron chi connectivity index (χ0n) is 32.8. The third kappa shape index (κ3) is 47.5. The molecule has 0 saturated heterocycles. The van der Waals surface area contributed by atoms with Gasteiger partial charge in [0.2, 0.25) is 0 Å². The van der Waals surface area contributed by atoms with Crippen LogP contribution in [0.4, 0.5) is 0 Å². The third-order valence-electron chi connectivity index (χ3n) is 9.76. The highest BCUT2D eigenvalue weighted by Gasteiger charge is 2.09. The second kappa shape index (κ2) is 49.7. The van der Waals surface area contributed by atoms with Gasteiger partial charge < -0.3 is 20.2 Å². The van der Waals surface area contributed by atoms with Crippen LogP contribution in [0.25, 0.3) is 0 Å². The van der Waals surface area contributed by atoms with Crippen LogP contribution in [0.2, 0.25) is 0 Å². The highest BCUT2D eigenvalue weighted by atomic mass is 16.3. The van der Waals surface area contributed by atoms with Gasteiger partial charge in [-0.1, -0.05) is 213 Å². The first-order valence-electron chi connectivity index (χ1n) is 21.1. The molecule has 5 heteroatoms. The molecule has 0 amide bonds. The number of hydrogen-bond donors (Lipinski definition) is 3. The van der Waals surface area contributed by atoms with Crippen LogP contribution in [-0.2, 0) is 4.79 Å². The Morgan fingerprint density at radius 3 is 0.915 bits per heavy atom. The molecule has 0 rings (SSSR count). The van der Waals surface area contributed by atoms with Crippen molar-refractivity contribution in [3.05, 3.63) is 0 Å². The highest BCUT2D eigenvalue weighted by molar-refractivity contribution is 5.32. The molecule has 5 nitrogen and oxygen atoms in total. The van der Waals surface area contributed by atoms with E-state index in [9.17, 15) is 5.11 Å². The number of rotatable bonds is 37. The first kappa shape index (κ1) is 50.7. The van der Waals surface area contributed by atoms with Crippen LogP contribution >= 0.6 is 0 Å². The largest absolute Gasteiger partial charge is 0.483 e. The normalized spacial score (nSPS) is 11.0. The Labute approximate surface area is 296 Å². The lowest BCUT2D eigenvalue weighted by molar-refractivity contribution is -0.122. The fraction of sp³-hybridized carbons (Fsp3) is 0.976. The molecule has 0 aliphatic carbocycles. The summed E-state index contributed by atoms with van der Waals surface area (Å²) in [6, 6.07) is 0. The van der Waals surface area contributed by atoms with E-state index in [2.05, 4.69) is 25.7 Å². The van der Waals surface area contributed by atoms with Crippen molar-refractivity contribution in [1.29, 1.82) is 0 Å². The van der Waals surface area contributed by atoms with Crippen LogP contribution in [0.15, 0.2) is 0 Å². The number of carboxylic acid groups (broad SMARTS) is 1. The van der Waals surface area contributed by atoms with E-state index in [1.54, 1.807) is 0 Å². The lowest BCUT2D eigenvalue weighted by Gasteiger charge is -2.21. The highest BCUT2D eigenvalue weighted by Crippen LogP contribution is 2.25. The Balaban J connectivity index is -0.00000364. The second-order valence-electron chi connectivity index (χ2n) is 14.1. The van der Waals surface area contributed by atoms with Crippen molar-refractivity contribution in [2.45, 2.75) is 226 Å². The lowest BCUT2D eigenvalue weighted by atomic mass is 9.89. The van der Waals surface area contributed by atoms with Crippen molar-refractivity contribution in [3.63, 3.8) is 0 Å². The summed E-state index contributed by atoms with van der Waals surface area (Å²) >= 11 is 0. The number of nitrogens with zero attached hydrogens (tertiary/aromatic N) is 1. The standard InChI is InChI=1S/C40H83NO.CH2O2.CH4O/c1-4-7-10-13-16-17-18-19-20-21-26-31-36-41(38-39-42)37-32-27-22-25-30-35-40(33-28-23-14-11-8-5-2)34-29-24-15-12-9-6-3;2-1-3;1-2/h40,42H,4-39H2,1-3H3;1H,(H,2,3);2H,1H3. The summed E-state index contributed by atoms with van der Waals surface area (Å²) < 4.78 is 0. The van der Waals surface area contributed by atoms with E-state index in [0.29, 0.717) is 6.61 Å². The molecule has 0 aliphatic heterocycles. The fourth-order valence-corrected chi connectivity index (χ4v) is 6.81. The Bertz CT molecular complexity index is 503. The number of hydrogen-bond acceptors (Lipinski definition) is 4. The van der Waals surface area contributed by atoms with Crippen LogP contribution < -0.4 is 0 Å². The molecular formula is C42H89NO4. The quantitative estimate of drug-likeness (QED) is 0.0452. The minimum Gasteiger partial charge on any atom is -0.483 e. The van der Waals surface area contributed by atoms with Crippen molar-refractivity contribution in [1.82, 2.24) is 4.90 Å². The summed E-state index contributed by atoms with van der Waals surface area (Å²) in [6.45, 7) is 10.3. The van der Waals surface area contributed by atoms with Crippen molar-refractivity contribution in [3.8, 4) is 0 Å². The number of carbonyl (C=O) groups is 1. The van der Waals surface area contributed by atoms with E-state index in [0.717, 1.165) is 19.6 Å². The Morgan fingerprint density at radius 2 is 0.660 bits per heavy atom. The van der Waals surface area contributed by atoms with Crippen LogP contribution in [0, 0.1) is 5.92 Å². The SMILES string of the molecule is CCCCCCCCCCCCCCN(CCO)CCCCCCCC(CCCCCCCC)CCCCCCCC.CO.O=CO. The van der Waals surface area contributed by atoms with Gasteiger partial charge in [-0.3, -0.25) is 4.79 Å². The molecule has 0 aromatic carbocycles. The summed E-state index contributed by atoms with van der Waals surface area (Å²) in [5, 5.41) is 23.4. The van der Waals surface area contributed by atoms with E-state index in [4.69, 9.17) is 15.0 Å². The minimum absolute atomic E-state index is 0.250. The molecule has 286 valence electrons. The van der Waals surface area contributed by atoms with Crippen LogP contribution in [0.3, 0.4) is 0 Å². The first-order valence-corrected chi connectivity index (χ1v) is 21.1.